The fourth-order valence-electron chi connectivity index (χ4n) is 5.82. The third kappa shape index (κ3) is 7.25. The molecule has 2 aromatic carbocycles. The van der Waals surface area contributed by atoms with Crippen molar-refractivity contribution >= 4 is 34.7 Å². The van der Waals surface area contributed by atoms with Crippen LogP contribution >= 0.6 is 0 Å². The molecule has 5 rings (SSSR count). The van der Waals surface area contributed by atoms with Gasteiger partial charge in [0.15, 0.2) is 6.10 Å². The first-order valence-electron chi connectivity index (χ1n) is 15.4. The van der Waals surface area contributed by atoms with Gasteiger partial charge in [-0.25, -0.2) is 9.59 Å². The van der Waals surface area contributed by atoms with Gasteiger partial charge in [0, 0.05) is 18.7 Å². The van der Waals surface area contributed by atoms with Gasteiger partial charge < -0.3 is 19.7 Å². The van der Waals surface area contributed by atoms with Crippen LogP contribution in [0.15, 0.2) is 83.6 Å². The highest BCUT2D eigenvalue weighted by Crippen LogP contribution is 2.38. The van der Waals surface area contributed by atoms with Gasteiger partial charge in [-0.2, -0.15) is 0 Å². The third-order valence-electron chi connectivity index (χ3n) is 7.68. The number of nitrogens with one attached hydrogen (secondary N) is 1. The van der Waals surface area contributed by atoms with Crippen LogP contribution in [0.25, 0.3) is 0 Å². The number of nitrogens with zero attached hydrogens (tertiary/aromatic N) is 2. The molecule has 0 spiro atoms. The number of benzene rings is 2. The summed E-state index contributed by atoms with van der Waals surface area (Å²) in [7, 11) is -1.71. The second kappa shape index (κ2) is 12.9. The fourth-order valence-corrected chi connectivity index (χ4v) is 7.45. The van der Waals surface area contributed by atoms with E-state index in [9.17, 15) is 23.4 Å². The molecule has 2 aromatic rings. The standard InChI is InChI=1S/C35H41N3O7S/c1-34(2,3)21-37-18-17-24(29(37)39)19-25-20-46(43)31-26(36-33(42)45-35(4,5)6)30(40)38(31)27(25)32(41)44-28(22-13-9-7-10-14-22)23-15-11-8-12-16-23/h7-16,19,26,28,31H,17-18,20-21H2,1-6H3,(H,36,42)/t26-,31-,46+/m1/s1. The van der Waals surface area contributed by atoms with Crippen molar-refractivity contribution in [2.75, 3.05) is 18.8 Å². The number of ether oxygens (including phenoxy) is 2. The summed E-state index contributed by atoms with van der Waals surface area (Å²) in [4.78, 5) is 56.7. The van der Waals surface area contributed by atoms with E-state index < -0.39 is 51.9 Å². The van der Waals surface area contributed by atoms with Crippen molar-refractivity contribution in [3.63, 3.8) is 0 Å². The lowest BCUT2D eigenvalue weighted by atomic mass is 9.96. The summed E-state index contributed by atoms with van der Waals surface area (Å²) in [5, 5.41) is 1.52. The molecule has 3 heterocycles. The lowest BCUT2D eigenvalue weighted by molar-refractivity contribution is -0.153. The maximum atomic E-state index is 14.2. The third-order valence-corrected chi connectivity index (χ3v) is 9.29. The molecule has 2 saturated heterocycles. The lowest BCUT2D eigenvalue weighted by Crippen LogP contribution is -2.73. The molecule has 1 N–H and O–H groups in total. The van der Waals surface area contributed by atoms with Crippen molar-refractivity contribution in [1.82, 2.24) is 15.1 Å². The zero-order valence-electron chi connectivity index (χ0n) is 27.1. The van der Waals surface area contributed by atoms with E-state index in [1.54, 1.807) is 31.7 Å². The number of hydrogen-bond acceptors (Lipinski definition) is 7. The van der Waals surface area contributed by atoms with Gasteiger partial charge in [0.2, 0.25) is 5.91 Å². The van der Waals surface area contributed by atoms with E-state index in [1.165, 1.54) is 0 Å². The largest absolute Gasteiger partial charge is 0.448 e. The highest BCUT2D eigenvalue weighted by atomic mass is 32.2. The fraction of sp³-hybridized carbons (Fsp3) is 0.429. The molecule has 3 atom stereocenters. The number of allylic oxidation sites excluding steroid dienone is 1. The van der Waals surface area contributed by atoms with E-state index in [0.29, 0.717) is 25.1 Å². The molecular weight excluding hydrogens is 606 g/mol. The monoisotopic (exact) mass is 647 g/mol. The molecule has 46 heavy (non-hydrogen) atoms. The number of likely N-dealkylation sites (tertiary alicyclic amines) is 1. The first kappa shape index (κ1) is 33.1. The SMILES string of the molecule is CC(C)(C)CN1CCC(=CC2=C(C(=O)OC(c3ccccc3)c3ccccc3)N3C(=O)[C@@H](NC(=O)OC(C)(C)C)[C@H]3[S@@](=O)C2)C1=O. The Morgan fingerprint density at radius 2 is 1.57 bits per heavy atom. The average Bonchev–Trinajstić information content (AvgIpc) is 3.31. The van der Waals surface area contributed by atoms with E-state index >= 15 is 0 Å². The Kier molecular flexibility index (Phi) is 9.26. The minimum Gasteiger partial charge on any atom is -0.448 e. The van der Waals surface area contributed by atoms with Crippen LogP contribution in [0, 0.1) is 5.41 Å². The molecule has 10 nitrogen and oxygen atoms in total. The first-order chi connectivity index (χ1) is 21.6. The molecule has 3 aliphatic heterocycles. The van der Waals surface area contributed by atoms with E-state index in [2.05, 4.69) is 26.1 Å². The van der Waals surface area contributed by atoms with E-state index in [-0.39, 0.29) is 28.3 Å². The molecule has 0 saturated carbocycles. The number of amides is 3. The van der Waals surface area contributed by atoms with Gasteiger partial charge in [-0.05, 0) is 55.4 Å². The van der Waals surface area contributed by atoms with Gasteiger partial charge in [0.1, 0.15) is 22.7 Å². The minimum atomic E-state index is -1.71. The number of β-lactam (4-membered cyclic amide) rings is 1. The number of carbonyl (C=O) groups is 4. The lowest BCUT2D eigenvalue weighted by Gasteiger charge is -2.49. The second-order valence-corrected chi connectivity index (χ2v) is 15.5. The van der Waals surface area contributed by atoms with Gasteiger partial charge in [0.25, 0.3) is 5.91 Å². The number of fused-ring (bicyclic) bond motifs is 1. The normalized spacial score (nSPS) is 22.6. The highest BCUT2D eigenvalue weighted by Gasteiger charge is 2.58. The maximum absolute atomic E-state index is 14.2. The van der Waals surface area contributed by atoms with Gasteiger partial charge in [-0.1, -0.05) is 81.4 Å². The van der Waals surface area contributed by atoms with Crippen molar-refractivity contribution in [2.45, 2.75) is 71.1 Å². The van der Waals surface area contributed by atoms with Crippen molar-refractivity contribution in [3.8, 4) is 0 Å². The van der Waals surface area contributed by atoms with Gasteiger partial charge in [-0.3, -0.25) is 18.7 Å². The van der Waals surface area contributed by atoms with Gasteiger partial charge in [0.05, 0.1) is 16.6 Å². The molecule has 0 aliphatic carbocycles. The Hall–Kier alpha value is -4.25. The summed E-state index contributed by atoms with van der Waals surface area (Å²) < 4.78 is 25.1. The zero-order chi connectivity index (χ0) is 33.4. The van der Waals surface area contributed by atoms with Crippen LogP contribution in [-0.2, 0) is 34.7 Å². The van der Waals surface area contributed by atoms with Crippen molar-refractivity contribution in [3.05, 3.63) is 94.7 Å². The molecule has 0 bridgehead atoms. The number of carbonyl (C=O) groups excluding carboxylic acids is 4. The van der Waals surface area contributed by atoms with Gasteiger partial charge in [-0.15, -0.1) is 0 Å². The van der Waals surface area contributed by atoms with Crippen LogP contribution in [0.5, 0.6) is 0 Å². The topological polar surface area (TPSA) is 122 Å². The summed E-state index contributed by atoms with van der Waals surface area (Å²) in [5.74, 6) is -1.68. The Bertz CT molecular complexity index is 1570. The van der Waals surface area contributed by atoms with E-state index in [4.69, 9.17) is 9.47 Å². The molecule has 0 aromatic heterocycles. The molecule has 2 fully saturated rings. The molecule has 0 radical (unpaired) electrons. The van der Waals surface area contributed by atoms with Crippen LogP contribution < -0.4 is 5.32 Å². The van der Waals surface area contributed by atoms with Gasteiger partial charge >= 0.3 is 12.1 Å². The van der Waals surface area contributed by atoms with E-state index in [1.807, 2.05) is 60.7 Å². The zero-order valence-corrected chi connectivity index (χ0v) is 27.9. The van der Waals surface area contributed by atoms with Crippen LogP contribution in [0.2, 0.25) is 0 Å². The Labute approximate surface area is 272 Å². The molecule has 3 amide bonds. The Morgan fingerprint density at radius 1 is 0.978 bits per heavy atom. The number of rotatable bonds is 7. The minimum absolute atomic E-state index is 0.0803. The number of esters is 1. The van der Waals surface area contributed by atoms with Crippen molar-refractivity contribution in [2.24, 2.45) is 5.41 Å². The number of hydrogen-bond donors (Lipinski definition) is 1. The summed E-state index contributed by atoms with van der Waals surface area (Å²) in [6.45, 7) is 12.3. The quantitative estimate of drug-likeness (QED) is 0.265. The van der Waals surface area contributed by atoms with Crippen molar-refractivity contribution in [1.29, 1.82) is 0 Å². The summed E-state index contributed by atoms with van der Waals surface area (Å²) in [6, 6.07) is 17.3. The molecule has 0 unspecified atom stereocenters. The molecular formula is C35H41N3O7S. The van der Waals surface area contributed by atoms with Crippen molar-refractivity contribution < 1.29 is 32.9 Å². The predicted octanol–water partition coefficient (Wildman–Crippen LogP) is 4.60. The van der Waals surface area contributed by atoms with Crippen LogP contribution in [0.3, 0.4) is 0 Å². The van der Waals surface area contributed by atoms with Crippen LogP contribution in [0.4, 0.5) is 4.79 Å². The predicted molar refractivity (Wildman–Crippen MR) is 173 cm³/mol. The Morgan fingerprint density at radius 3 is 2.11 bits per heavy atom. The molecule has 244 valence electrons. The van der Waals surface area contributed by atoms with E-state index in [0.717, 1.165) is 16.0 Å². The average molecular weight is 648 g/mol. The highest BCUT2D eigenvalue weighted by molar-refractivity contribution is 7.86. The summed E-state index contributed by atoms with van der Waals surface area (Å²) in [6.07, 6.45) is 0.416. The molecule has 11 heteroatoms. The molecule has 3 aliphatic rings. The van der Waals surface area contributed by atoms with Crippen LogP contribution in [0.1, 0.15) is 65.2 Å². The first-order valence-corrected chi connectivity index (χ1v) is 16.7. The smallest absolute Gasteiger partial charge is 0.408 e. The second-order valence-electron chi connectivity index (χ2n) is 13.9. The number of alkyl carbamates (subject to hydrolysis) is 1. The summed E-state index contributed by atoms with van der Waals surface area (Å²) in [5.41, 5.74) is 1.20. The van der Waals surface area contributed by atoms with Crippen LogP contribution in [-0.4, -0.2) is 73.7 Å². The maximum Gasteiger partial charge on any atom is 0.408 e. The summed E-state index contributed by atoms with van der Waals surface area (Å²) >= 11 is 0. The Balaban J connectivity index is 1.52.